The van der Waals surface area contributed by atoms with Gasteiger partial charge in [0.15, 0.2) is 0 Å². The van der Waals surface area contributed by atoms with Gasteiger partial charge in [0.25, 0.3) is 5.91 Å². The minimum Gasteiger partial charge on any atom is -0.340 e. The predicted octanol–water partition coefficient (Wildman–Crippen LogP) is 4.96. The molecule has 0 unspecified atom stereocenters. The molecule has 1 aliphatic rings. The zero-order chi connectivity index (χ0) is 22.1. The van der Waals surface area contributed by atoms with E-state index in [0.717, 1.165) is 34.4 Å². The third kappa shape index (κ3) is 3.95. The van der Waals surface area contributed by atoms with Crippen LogP contribution in [0.3, 0.4) is 0 Å². The van der Waals surface area contributed by atoms with Gasteiger partial charge in [-0.05, 0) is 67.3 Å². The van der Waals surface area contributed by atoms with Gasteiger partial charge in [-0.2, -0.15) is 0 Å². The highest BCUT2D eigenvalue weighted by Gasteiger charge is 2.25. The fraction of sp³-hybridized carbons (Fsp3) is 0.154. The van der Waals surface area contributed by atoms with E-state index in [1.54, 1.807) is 11.2 Å². The molecule has 1 amide bonds. The first-order valence-corrected chi connectivity index (χ1v) is 10.6. The van der Waals surface area contributed by atoms with E-state index in [1.165, 1.54) is 11.1 Å². The monoisotopic (exact) mass is 421 g/mol. The van der Waals surface area contributed by atoms with E-state index in [1.807, 2.05) is 49.5 Å². The number of fused-ring (bicyclic) bond motifs is 1. The lowest BCUT2D eigenvalue weighted by Crippen LogP contribution is -2.24. The maximum Gasteiger partial charge on any atom is 0.253 e. The first-order chi connectivity index (χ1) is 15.6. The Morgan fingerprint density at radius 2 is 1.81 bits per heavy atom. The fourth-order valence-corrected chi connectivity index (χ4v) is 3.89. The van der Waals surface area contributed by atoms with E-state index >= 15 is 0 Å². The van der Waals surface area contributed by atoms with Crippen molar-refractivity contribution < 1.29 is 4.79 Å². The Kier molecular flexibility index (Phi) is 5.11. The van der Waals surface area contributed by atoms with Gasteiger partial charge in [-0.15, -0.1) is 0 Å². The summed E-state index contributed by atoms with van der Waals surface area (Å²) in [6, 6.07) is 18.2. The maximum absolute atomic E-state index is 12.4. The topological polar surface area (TPSA) is 71.0 Å². The molecule has 32 heavy (non-hydrogen) atoms. The number of benzene rings is 2. The molecule has 1 aliphatic heterocycles. The molecule has 0 saturated carbocycles. The Morgan fingerprint density at radius 3 is 2.53 bits per heavy atom. The molecule has 1 fully saturated rings. The molecular formula is C26H23N5O. The molecule has 2 aromatic heterocycles. The molecule has 158 valence electrons. The molecule has 4 aromatic rings. The lowest BCUT2D eigenvalue weighted by Gasteiger charge is -2.17. The summed E-state index contributed by atoms with van der Waals surface area (Å²) in [4.78, 5) is 27.3. The lowest BCUT2D eigenvalue weighted by molar-refractivity contribution is -0.114. The summed E-state index contributed by atoms with van der Waals surface area (Å²) in [5.74, 6) is 0.688. The summed E-state index contributed by atoms with van der Waals surface area (Å²) in [7, 11) is 0. The van der Waals surface area contributed by atoms with Crippen molar-refractivity contribution >= 4 is 34.0 Å². The number of carbonyl (C=O) groups excluding carboxylic acids is 1. The average molecular weight is 422 g/mol. The van der Waals surface area contributed by atoms with Crippen LogP contribution in [0.2, 0.25) is 0 Å². The Bertz CT molecular complexity index is 1310. The average Bonchev–Trinajstić information content (AvgIpc) is 3.15. The van der Waals surface area contributed by atoms with Gasteiger partial charge in [0.1, 0.15) is 12.1 Å². The van der Waals surface area contributed by atoms with Gasteiger partial charge in [0.2, 0.25) is 0 Å². The first kappa shape index (κ1) is 19.9. The lowest BCUT2D eigenvalue weighted by atomic mass is 10.1. The van der Waals surface area contributed by atoms with E-state index in [2.05, 4.69) is 45.0 Å². The van der Waals surface area contributed by atoms with E-state index < -0.39 is 0 Å². The number of amides is 1. The largest absolute Gasteiger partial charge is 0.340 e. The third-order valence-corrected chi connectivity index (χ3v) is 5.71. The Morgan fingerprint density at radius 1 is 1.00 bits per heavy atom. The Balaban J connectivity index is 1.38. The first-order valence-electron chi connectivity index (χ1n) is 10.6. The van der Waals surface area contributed by atoms with E-state index in [-0.39, 0.29) is 5.91 Å². The smallest absolute Gasteiger partial charge is 0.253 e. The predicted molar refractivity (Wildman–Crippen MR) is 127 cm³/mol. The van der Waals surface area contributed by atoms with Gasteiger partial charge in [-0.1, -0.05) is 24.8 Å². The zero-order valence-electron chi connectivity index (χ0n) is 17.9. The molecule has 1 N–H and O–H groups in total. The summed E-state index contributed by atoms with van der Waals surface area (Å²) in [6.07, 6.45) is 5.00. The van der Waals surface area contributed by atoms with Crippen LogP contribution in [0.25, 0.3) is 10.9 Å². The van der Waals surface area contributed by atoms with Crippen LogP contribution in [0.15, 0.2) is 79.3 Å². The standard InChI is InChI=1S/C26H23N5O/c1-17-11-12-31(26(17)32)22-9-10-24-23(14-22)25(29-16-28-24)30-21-7-5-19(6-8-21)13-20-4-3-18(2)27-15-20/h3-10,14-16H,1,11-13H2,2H3,(H,28,29,30). The Labute approximate surface area is 186 Å². The van der Waals surface area contributed by atoms with Crippen LogP contribution in [0.5, 0.6) is 0 Å². The number of carbonyl (C=O) groups is 1. The number of hydrogen-bond donors (Lipinski definition) is 1. The minimum absolute atomic E-state index is 0.0184. The van der Waals surface area contributed by atoms with Crippen LogP contribution in [-0.4, -0.2) is 27.4 Å². The zero-order valence-corrected chi connectivity index (χ0v) is 17.9. The number of nitrogens with one attached hydrogen (secondary N) is 1. The second-order valence-electron chi connectivity index (χ2n) is 8.04. The quantitative estimate of drug-likeness (QED) is 0.461. The molecule has 5 rings (SSSR count). The van der Waals surface area contributed by atoms with E-state index in [0.29, 0.717) is 24.4 Å². The molecule has 2 aromatic carbocycles. The highest BCUT2D eigenvalue weighted by atomic mass is 16.2. The van der Waals surface area contributed by atoms with Gasteiger partial charge >= 0.3 is 0 Å². The van der Waals surface area contributed by atoms with Crippen LogP contribution in [0.4, 0.5) is 17.2 Å². The number of anilines is 3. The van der Waals surface area contributed by atoms with Crippen LogP contribution in [0, 0.1) is 6.92 Å². The second kappa shape index (κ2) is 8.23. The van der Waals surface area contributed by atoms with Gasteiger partial charge in [-0.25, -0.2) is 9.97 Å². The van der Waals surface area contributed by atoms with Crippen LogP contribution >= 0.6 is 0 Å². The fourth-order valence-electron chi connectivity index (χ4n) is 3.89. The van der Waals surface area contributed by atoms with Crippen LogP contribution in [0.1, 0.15) is 23.2 Å². The van der Waals surface area contributed by atoms with Gasteiger partial charge < -0.3 is 10.2 Å². The summed E-state index contributed by atoms with van der Waals surface area (Å²) >= 11 is 0. The number of rotatable bonds is 5. The molecule has 6 nitrogen and oxygen atoms in total. The SMILES string of the molecule is C=C1CCN(c2ccc3ncnc(Nc4ccc(Cc5ccc(C)nc5)cc4)c3c2)C1=O. The van der Waals surface area contributed by atoms with Gasteiger partial charge in [0, 0.05) is 40.8 Å². The number of pyridine rings is 1. The van der Waals surface area contributed by atoms with Crippen molar-refractivity contribution in [3.8, 4) is 0 Å². The van der Waals surface area contributed by atoms with Crippen molar-refractivity contribution in [1.82, 2.24) is 15.0 Å². The van der Waals surface area contributed by atoms with Crippen LogP contribution < -0.4 is 10.2 Å². The molecule has 0 aliphatic carbocycles. The van der Waals surface area contributed by atoms with Crippen molar-refractivity contribution in [2.45, 2.75) is 19.8 Å². The van der Waals surface area contributed by atoms with Crippen molar-refractivity contribution in [3.05, 3.63) is 96.1 Å². The number of hydrogen-bond acceptors (Lipinski definition) is 5. The maximum atomic E-state index is 12.4. The second-order valence-corrected chi connectivity index (χ2v) is 8.04. The third-order valence-electron chi connectivity index (χ3n) is 5.71. The van der Waals surface area contributed by atoms with Crippen molar-refractivity contribution in [2.75, 3.05) is 16.8 Å². The molecule has 0 spiro atoms. The number of aryl methyl sites for hydroxylation is 1. The van der Waals surface area contributed by atoms with Gasteiger partial charge in [0.05, 0.1) is 5.52 Å². The van der Waals surface area contributed by atoms with Crippen molar-refractivity contribution in [1.29, 1.82) is 0 Å². The molecule has 6 heteroatoms. The summed E-state index contributed by atoms with van der Waals surface area (Å²) in [5, 5.41) is 4.26. The van der Waals surface area contributed by atoms with Crippen molar-refractivity contribution in [3.63, 3.8) is 0 Å². The molecule has 0 bridgehead atoms. The highest BCUT2D eigenvalue weighted by molar-refractivity contribution is 6.08. The molecule has 0 radical (unpaired) electrons. The minimum atomic E-state index is -0.0184. The molecular weight excluding hydrogens is 398 g/mol. The molecule has 3 heterocycles. The summed E-state index contributed by atoms with van der Waals surface area (Å²) in [5.41, 5.74) is 6.66. The van der Waals surface area contributed by atoms with E-state index in [9.17, 15) is 4.79 Å². The molecule has 0 atom stereocenters. The summed E-state index contributed by atoms with van der Waals surface area (Å²) < 4.78 is 0. The number of nitrogens with zero attached hydrogens (tertiary/aromatic N) is 4. The normalized spacial score (nSPS) is 13.7. The van der Waals surface area contributed by atoms with Crippen molar-refractivity contribution in [2.24, 2.45) is 0 Å². The highest BCUT2D eigenvalue weighted by Crippen LogP contribution is 2.30. The number of aromatic nitrogens is 3. The van der Waals surface area contributed by atoms with Crippen LogP contribution in [-0.2, 0) is 11.2 Å². The Hall–Kier alpha value is -4.06. The summed E-state index contributed by atoms with van der Waals surface area (Å²) in [6.45, 7) is 6.49. The molecule has 1 saturated heterocycles. The van der Waals surface area contributed by atoms with Gasteiger partial charge in [-0.3, -0.25) is 9.78 Å². The van der Waals surface area contributed by atoms with E-state index in [4.69, 9.17) is 0 Å².